The largest absolute Gasteiger partial charge is 0.430 e. The number of benzene rings is 3. The van der Waals surface area contributed by atoms with E-state index in [-0.39, 0.29) is 44.6 Å². The van der Waals surface area contributed by atoms with E-state index in [9.17, 15) is 57.8 Å². The number of hydrogen-bond acceptors (Lipinski definition) is 6. The fourth-order valence-corrected chi connectivity index (χ4v) is 8.61. The molecular weight excluding hydrogens is 709 g/mol. The van der Waals surface area contributed by atoms with E-state index in [1.165, 1.54) is 0 Å². The van der Waals surface area contributed by atoms with Crippen molar-refractivity contribution >= 4 is 15.7 Å². The summed E-state index contributed by atoms with van der Waals surface area (Å²) in [4.78, 5) is 14.5. The van der Waals surface area contributed by atoms with Crippen molar-refractivity contribution < 1.29 is 67.3 Å². The second-order valence-electron chi connectivity index (χ2n) is 12.2. The van der Waals surface area contributed by atoms with Gasteiger partial charge in [0.15, 0.2) is 9.84 Å². The van der Waals surface area contributed by atoms with Gasteiger partial charge in [-0.25, -0.2) is 21.6 Å². The first kappa shape index (κ1) is 37.6. The van der Waals surface area contributed by atoms with Crippen LogP contribution < -0.4 is 0 Å². The lowest BCUT2D eigenvalue weighted by Gasteiger charge is -2.38. The Bertz CT molecular complexity index is 1770. The highest BCUT2D eigenvalue weighted by molar-refractivity contribution is 7.92. The molecule has 2 aliphatic heterocycles. The van der Waals surface area contributed by atoms with Crippen LogP contribution in [0.15, 0.2) is 71.6 Å². The van der Waals surface area contributed by atoms with E-state index >= 15 is 0 Å². The summed E-state index contributed by atoms with van der Waals surface area (Å²) < 4.78 is 166. The number of amides is 1. The van der Waals surface area contributed by atoms with Gasteiger partial charge in [-0.1, -0.05) is 30.3 Å². The lowest BCUT2D eigenvalue weighted by atomic mass is 9.79. The van der Waals surface area contributed by atoms with Gasteiger partial charge in [-0.05, 0) is 61.2 Å². The molecule has 0 saturated carbocycles. The fourth-order valence-electron chi connectivity index (χ4n) is 6.54. The van der Waals surface area contributed by atoms with Crippen LogP contribution in [-0.4, -0.2) is 69.6 Å². The molecule has 3 aromatic carbocycles. The number of aliphatic hydroxyl groups is 1. The standard InChI is InChI=1S/C33H30F9NO6S/c34-23-8-10-24(11-9-23)50(46,47)30(12-15-43(19-30)28(45)29(20-44)13-16-48-17-14-29)21-4-6-22(7-5-21)31(32(37,38)39,33(40,41)42)49-18-25-26(35)2-1-3-27(25)36/h1-11,44H,12-20H2/t30-/m0/s1. The number of alkyl halides is 6. The van der Waals surface area contributed by atoms with E-state index in [0.29, 0.717) is 24.3 Å². The molecule has 5 rings (SSSR count). The lowest BCUT2D eigenvalue weighted by molar-refractivity contribution is -0.392. The monoisotopic (exact) mass is 739 g/mol. The number of halogens is 9. The summed E-state index contributed by atoms with van der Waals surface area (Å²) in [6, 6.07) is 7.83. The molecule has 17 heteroatoms. The summed E-state index contributed by atoms with van der Waals surface area (Å²) in [6.45, 7) is -2.95. The number of carbonyl (C=O) groups is 1. The Morgan fingerprint density at radius 3 is 1.92 bits per heavy atom. The molecule has 2 fully saturated rings. The average molecular weight is 740 g/mol. The first-order chi connectivity index (χ1) is 23.3. The number of rotatable bonds is 9. The van der Waals surface area contributed by atoms with Gasteiger partial charge >= 0.3 is 12.4 Å². The van der Waals surface area contributed by atoms with Crippen molar-refractivity contribution in [2.45, 2.75) is 53.5 Å². The normalized spacial score (nSPS) is 20.2. The Morgan fingerprint density at radius 2 is 1.40 bits per heavy atom. The summed E-state index contributed by atoms with van der Waals surface area (Å²) in [6.07, 6.45) is -12.6. The Hall–Kier alpha value is -3.67. The minimum absolute atomic E-state index is 0.110. The van der Waals surface area contributed by atoms with Crippen molar-refractivity contribution in [3.63, 3.8) is 0 Å². The maximum atomic E-state index is 14.5. The van der Waals surface area contributed by atoms with Crippen molar-refractivity contribution in [2.75, 3.05) is 32.9 Å². The molecule has 3 aromatic rings. The van der Waals surface area contributed by atoms with Crippen LogP contribution >= 0.6 is 0 Å². The predicted octanol–water partition coefficient (Wildman–Crippen LogP) is 6.33. The summed E-state index contributed by atoms with van der Waals surface area (Å²) in [5.41, 5.74) is -9.49. The predicted molar refractivity (Wildman–Crippen MR) is 157 cm³/mol. The number of hydrogen-bond donors (Lipinski definition) is 1. The molecule has 1 atom stereocenters. The van der Waals surface area contributed by atoms with Crippen molar-refractivity contribution in [3.05, 3.63) is 101 Å². The zero-order valence-corrected chi connectivity index (χ0v) is 26.8. The van der Waals surface area contributed by atoms with Crippen LogP contribution in [0.25, 0.3) is 0 Å². The van der Waals surface area contributed by atoms with Gasteiger partial charge in [0.25, 0.3) is 5.60 Å². The van der Waals surface area contributed by atoms with E-state index in [2.05, 4.69) is 4.74 Å². The quantitative estimate of drug-likeness (QED) is 0.204. The van der Waals surface area contributed by atoms with Crippen molar-refractivity contribution in [1.29, 1.82) is 0 Å². The smallest absolute Gasteiger partial charge is 0.395 e. The minimum Gasteiger partial charge on any atom is -0.395 e. The van der Waals surface area contributed by atoms with Gasteiger partial charge in [-0.15, -0.1) is 0 Å². The second kappa shape index (κ2) is 13.5. The zero-order valence-electron chi connectivity index (χ0n) is 26.0. The SMILES string of the molecule is O=C(N1CC[C@](c2ccc(C(OCc3c(F)cccc3F)(C(F)(F)F)C(F)(F)F)cc2)(S(=O)(=O)c2ccc(F)cc2)C1)C1(CO)CCOCC1. The number of sulfone groups is 1. The van der Waals surface area contributed by atoms with E-state index in [0.717, 1.165) is 47.4 Å². The zero-order chi connectivity index (χ0) is 36.8. The minimum atomic E-state index is -6.24. The molecule has 1 N–H and O–H groups in total. The molecular formula is C33H30F9NO6S. The first-order valence-corrected chi connectivity index (χ1v) is 16.6. The molecule has 0 radical (unpaired) electrons. The van der Waals surface area contributed by atoms with Gasteiger partial charge in [0.2, 0.25) is 5.91 Å². The Balaban J connectivity index is 1.61. The van der Waals surface area contributed by atoms with Crippen LogP contribution in [0.2, 0.25) is 0 Å². The number of likely N-dealkylation sites (tertiary alicyclic amines) is 1. The molecule has 0 aliphatic carbocycles. The molecule has 1 amide bonds. The molecule has 2 aliphatic rings. The Labute approximate surface area is 280 Å². The van der Waals surface area contributed by atoms with Gasteiger partial charge in [0.05, 0.1) is 23.5 Å². The van der Waals surface area contributed by atoms with Gasteiger partial charge in [0.1, 0.15) is 22.2 Å². The number of nitrogens with zero attached hydrogens (tertiary/aromatic N) is 1. The third kappa shape index (κ3) is 6.26. The summed E-state index contributed by atoms with van der Waals surface area (Å²) in [5.74, 6) is -4.30. The van der Waals surface area contributed by atoms with Crippen LogP contribution in [0.5, 0.6) is 0 Å². The average Bonchev–Trinajstić information content (AvgIpc) is 3.53. The molecule has 0 aromatic heterocycles. The topological polar surface area (TPSA) is 93.1 Å². The molecule has 7 nitrogen and oxygen atoms in total. The maximum Gasteiger partial charge on any atom is 0.430 e. The molecule has 2 saturated heterocycles. The third-order valence-corrected chi connectivity index (χ3v) is 12.0. The van der Waals surface area contributed by atoms with Gasteiger partial charge in [0, 0.05) is 37.4 Å². The second-order valence-corrected chi connectivity index (χ2v) is 14.5. The number of ether oxygens (including phenoxy) is 2. The van der Waals surface area contributed by atoms with Crippen LogP contribution in [0, 0.1) is 22.9 Å². The lowest BCUT2D eigenvalue weighted by Crippen LogP contribution is -2.56. The Morgan fingerprint density at radius 1 is 0.840 bits per heavy atom. The highest BCUT2D eigenvalue weighted by Crippen LogP contribution is 2.54. The summed E-state index contributed by atoms with van der Waals surface area (Å²) in [5, 5.41) is 10.2. The van der Waals surface area contributed by atoms with Gasteiger partial charge < -0.3 is 19.5 Å². The van der Waals surface area contributed by atoms with Crippen LogP contribution in [0.3, 0.4) is 0 Å². The van der Waals surface area contributed by atoms with Crippen molar-refractivity contribution in [1.82, 2.24) is 4.90 Å². The molecule has 50 heavy (non-hydrogen) atoms. The fraction of sp³-hybridized carbons (Fsp3) is 0.424. The number of aliphatic hydroxyl groups excluding tert-OH is 1. The third-order valence-electron chi connectivity index (χ3n) is 9.47. The molecule has 0 bridgehead atoms. The van der Waals surface area contributed by atoms with Gasteiger partial charge in [-0.2, -0.15) is 26.3 Å². The van der Waals surface area contributed by atoms with E-state index in [1.54, 1.807) is 0 Å². The first-order valence-electron chi connectivity index (χ1n) is 15.1. The number of carbonyl (C=O) groups excluding carboxylic acids is 1. The summed E-state index contributed by atoms with van der Waals surface area (Å²) >= 11 is 0. The molecule has 272 valence electrons. The molecule has 0 spiro atoms. The van der Waals surface area contributed by atoms with Crippen molar-refractivity contribution in [3.8, 4) is 0 Å². The van der Waals surface area contributed by atoms with E-state index in [4.69, 9.17) is 4.74 Å². The van der Waals surface area contributed by atoms with E-state index < -0.39 is 97.1 Å². The maximum absolute atomic E-state index is 14.5. The molecule has 0 unspecified atom stereocenters. The molecule has 2 heterocycles. The van der Waals surface area contributed by atoms with Crippen LogP contribution in [-0.2, 0) is 41.1 Å². The highest BCUT2D eigenvalue weighted by Gasteiger charge is 2.73. The van der Waals surface area contributed by atoms with Gasteiger partial charge in [-0.3, -0.25) is 4.79 Å². The highest BCUT2D eigenvalue weighted by atomic mass is 32.2. The van der Waals surface area contributed by atoms with Crippen LogP contribution in [0.4, 0.5) is 39.5 Å². The van der Waals surface area contributed by atoms with Crippen LogP contribution in [0.1, 0.15) is 36.0 Å². The van der Waals surface area contributed by atoms with E-state index in [1.807, 2.05) is 0 Å². The summed E-state index contributed by atoms with van der Waals surface area (Å²) in [7, 11) is -4.66. The van der Waals surface area contributed by atoms with Crippen molar-refractivity contribution in [2.24, 2.45) is 5.41 Å². The Kier molecular flexibility index (Phi) is 10.1.